The molecule has 16 heavy (non-hydrogen) atoms. The minimum atomic E-state index is -0.144. The van der Waals surface area contributed by atoms with Crippen molar-refractivity contribution in [3.63, 3.8) is 0 Å². The number of hydrogen-bond acceptors (Lipinski definition) is 3. The van der Waals surface area contributed by atoms with Crippen molar-refractivity contribution in [2.45, 2.75) is 13.0 Å². The van der Waals surface area contributed by atoms with E-state index in [0.717, 1.165) is 5.56 Å². The van der Waals surface area contributed by atoms with Crippen LogP contribution < -0.4 is 11.1 Å². The van der Waals surface area contributed by atoms with E-state index in [0.29, 0.717) is 13.2 Å². The smallest absolute Gasteiger partial charge is 0.246 e. The third-order valence-corrected chi connectivity index (χ3v) is 2.21. The number of hydrogen-bond donors (Lipinski definition) is 2. The summed E-state index contributed by atoms with van der Waals surface area (Å²) >= 11 is 0. The van der Waals surface area contributed by atoms with Crippen molar-refractivity contribution in [3.8, 4) is 0 Å². The largest absolute Gasteiger partial charge is 0.372 e. The Morgan fingerprint density at radius 1 is 1.44 bits per heavy atom. The lowest BCUT2D eigenvalue weighted by Crippen LogP contribution is -2.35. The van der Waals surface area contributed by atoms with Gasteiger partial charge < -0.3 is 15.8 Å². The first kappa shape index (κ1) is 12.7. The second-order valence-electron chi connectivity index (χ2n) is 3.40. The van der Waals surface area contributed by atoms with Crippen LogP contribution in [-0.4, -0.2) is 25.7 Å². The molecule has 1 atom stereocenters. The van der Waals surface area contributed by atoms with Gasteiger partial charge in [-0.25, -0.2) is 0 Å². The topological polar surface area (TPSA) is 64.3 Å². The Morgan fingerprint density at radius 2 is 2.12 bits per heavy atom. The van der Waals surface area contributed by atoms with Crippen LogP contribution in [0.1, 0.15) is 18.5 Å². The van der Waals surface area contributed by atoms with Crippen molar-refractivity contribution in [2.75, 3.05) is 19.8 Å². The van der Waals surface area contributed by atoms with E-state index in [-0.39, 0.29) is 18.6 Å². The van der Waals surface area contributed by atoms with Crippen molar-refractivity contribution >= 4 is 5.91 Å². The molecule has 0 bridgehead atoms. The van der Waals surface area contributed by atoms with Gasteiger partial charge in [-0.3, -0.25) is 4.79 Å². The van der Waals surface area contributed by atoms with Crippen molar-refractivity contribution in [1.82, 2.24) is 5.32 Å². The number of benzene rings is 1. The van der Waals surface area contributed by atoms with Crippen molar-refractivity contribution < 1.29 is 9.53 Å². The van der Waals surface area contributed by atoms with Crippen molar-refractivity contribution in [1.29, 1.82) is 0 Å². The molecule has 1 unspecified atom stereocenters. The van der Waals surface area contributed by atoms with Gasteiger partial charge in [-0.05, 0) is 12.5 Å². The third kappa shape index (κ3) is 4.00. The Morgan fingerprint density at radius 3 is 2.69 bits per heavy atom. The van der Waals surface area contributed by atoms with Gasteiger partial charge in [0, 0.05) is 13.2 Å². The molecule has 0 fully saturated rings. The van der Waals surface area contributed by atoms with Gasteiger partial charge in [-0.2, -0.15) is 0 Å². The molecular weight excluding hydrogens is 204 g/mol. The van der Waals surface area contributed by atoms with Gasteiger partial charge in [0.1, 0.15) is 6.61 Å². The number of ether oxygens (including phenoxy) is 1. The van der Waals surface area contributed by atoms with Gasteiger partial charge in [0.2, 0.25) is 5.91 Å². The lowest BCUT2D eigenvalue weighted by atomic mass is 10.1. The first-order chi connectivity index (χ1) is 7.77. The summed E-state index contributed by atoms with van der Waals surface area (Å²) in [6.45, 7) is 2.85. The minimum Gasteiger partial charge on any atom is -0.372 e. The summed E-state index contributed by atoms with van der Waals surface area (Å²) in [5.41, 5.74) is 6.64. The first-order valence-electron chi connectivity index (χ1n) is 5.40. The van der Waals surface area contributed by atoms with Crippen molar-refractivity contribution in [3.05, 3.63) is 35.9 Å². The highest BCUT2D eigenvalue weighted by Crippen LogP contribution is 2.10. The number of nitrogens with two attached hydrogens (primary N) is 1. The van der Waals surface area contributed by atoms with Gasteiger partial charge in [0.25, 0.3) is 0 Å². The maximum Gasteiger partial charge on any atom is 0.246 e. The molecule has 0 aliphatic rings. The van der Waals surface area contributed by atoms with Gasteiger partial charge in [-0.1, -0.05) is 30.3 Å². The summed E-state index contributed by atoms with van der Waals surface area (Å²) in [6.07, 6.45) is 0. The van der Waals surface area contributed by atoms with Crippen LogP contribution in [0.25, 0.3) is 0 Å². The van der Waals surface area contributed by atoms with E-state index in [9.17, 15) is 4.79 Å². The average Bonchev–Trinajstić information content (AvgIpc) is 2.34. The fourth-order valence-corrected chi connectivity index (χ4v) is 1.39. The van der Waals surface area contributed by atoms with E-state index in [1.165, 1.54) is 0 Å². The normalized spacial score (nSPS) is 12.1. The highest BCUT2D eigenvalue weighted by molar-refractivity contribution is 5.77. The molecule has 88 valence electrons. The molecule has 4 heteroatoms. The number of amides is 1. The Balaban J connectivity index is 2.52. The molecule has 0 aliphatic heterocycles. The molecule has 0 radical (unpaired) electrons. The van der Waals surface area contributed by atoms with Gasteiger partial charge >= 0.3 is 0 Å². The average molecular weight is 222 g/mol. The summed E-state index contributed by atoms with van der Waals surface area (Å²) < 4.78 is 5.02. The summed E-state index contributed by atoms with van der Waals surface area (Å²) in [5.74, 6) is -0.138. The molecule has 0 spiro atoms. The fraction of sp³-hybridized carbons (Fsp3) is 0.417. The second kappa shape index (κ2) is 6.98. The van der Waals surface area contributed by atoms with Gasteiger partial charge in [0.15, 0.2) is 0 Å². The zero-order chi connectivity index (χ0) is 11.8. The van der Waals surface area contributed by atoms with Crippen LogP contribution in [0, 0.1) is 0 Å². The van der Waals surface area contributed by atoms with E-state index in [1.54, 1.807) is 0 Å². The zero-order valence-electron chi connectivity index (χ0n) is 9.48. The Labute approximate surface area is 95.8 Å². The number of carbonyl (C=O) groups excluding carboxylic acids is 1. The monoisotopic (exact) mass is 222 g/mol. The molecule has 4 nitrogen and oxygen atoms in total. The van der Waals surface area contributed by atoms with Crippen LogP contribution in [0.2, 0.25) is 0 Å². The predicted octanol–water partition coefficient (Wildman–Crippen LogP) is 0.839. The Kier molecular flexibility index (Phi) is 5.53. The number of rotatable bonds is 6. The molecule has 0 heterocycles. The highest BCUT2D eigenvalue weighted by atomic mass is 16.5. The van der Waals surface area contributed by atoms with E-state index in [1.807, 2.05) is 37.3 Å². The minimum absolute atomic E-state index is 0.0832. The molecule has 0 aromatic heterocycles. The SMILES string of the molecule is CCOCC(=O)NC(CN)c1ccccc1. The molecule has 1 aromatic rings. The number of carbonyl (C=O) groups is 1. The van der Waals surface area contributed by atoms with Crippen LogP contribution >= 0.6 is 0 Å². The molecule has 0 saturated heterocycles. The predicted molar refractivity (Wildman–Crippen MR) is 62.9 cm³/mol. The first-order valence-corrected chi connectivity index (χ1v) is 5.40. The quantitative estimate of drug-likeness (QED) is 0.749. The zero-order valence-corrected chi connectivity index (χ0v) is 9.48. The maximum atomic E-state index is 11.5. The summed E-state index contributed by atoms with van der Waals surface area (Å²) in [7, 11) is 0. The summed E-state index contributed by atoms with van der Waals surface area (Å²) in [6, 6.07) is 9.52. The standard InChI is InChI=1S/C12H18N2O2/c1-2-16-9-12(15)14-11(8-13)10-6-4-3-5-7-10/h3-7,11H,2,8-9,13H2,1H3,(H,14,15). The number of nitrogens with one attached hydrogen (secondary N) is 1. The van der Waals surface area contributed by atoms with E-state index >= 15 is 0 Å². The van der Waals surface area contributed by atoms with Crippen LogP contribution in [0.4, 0.5) is 0 Å². The highest BCUT2D eigenvalue weighted by Gasteiger charge is 2.11. The van der Waals surface area contributed by atoms with Gasteiger partial charge in [0.05, 0.1) is 6.04 Å². The molecule has 1 aromatic carbocycles. The Hall–Kier alpha value is -1.39. The lowest BCUT2D eigenvalue weighted by molar-refractivity contribution is -0.126. The molecule has 1 rings (SSSR count). The molecule has 0 saturated carbocycles. The summed E-state index contributed by atoms with van der Waals surface area (Å²) in [4.78, 5) is 11.5. The molecule has 1 amide bonds. The lowest BCUT2D eigenvalue weighted by Gasteiger charge is -2.17. The second-order valence-corrected chi connectivity index (χ2v) is 3.40. The molecule has 0 aliphatic carbocycles. The third-order valence-electron chi connectivity index (χ3n) is 2.21. The van der Waals surface area contributed by atoms with E-state index in [4.69, 9.17) is 10.5 Å². The van der Waals surface area contributed by atoms with Crippen LogP contribution in [0.3, 0.4) is 0 Å². The fourth-order valence-electron chi connectivity index (χ4n) is 1.39. The van der Waals surface area contributed by atoms with Crippen LogP contribution in [0.5, 0.6) is 0 Å². The van der Waals surface area contributed by atoms with Gasteiger partial charge in [-0.15, -0.1) is 0 Å². The Bertz CT molecular complexity index is 314. The van der Waals surface area contributed by atoms with E-state index in [2.05, 4.69) is 5.32 Å². The van der Waals surface area contributed by atoms with Crippen molar-refractivity contribution in [2.24, 2.45) is 5.73 Å². The van der Waals surface area contributed by atoms with E-state index < -0.39 is 0 Å². The van der Waals surface area contributed by atoms with Crippen LogP contribution in [0.15, 0.2) is 30.3 Å². The molecular formula is C12H18N2O2. The molecule has 3 N–H and O–H groups in total. The van der Waals surface area contributed by atoms with Crippen LogP contribution in [-0.2, 0) is 9.53 Å². The summed E-state index contributed by atoms with van der Waals surface area (Å²) in [5, 5.41) is 2.83. The maximum absolute atomic E-state index is 11.5.